The predicted octanol–water partition coefficient (Wildman–Crippen LogP) is -4.12. The van der Waals surface area contributed by atoms with Crippen LogP contribution < -0.4 is 0 Å². The van der Waals surface area contributed by atoms with Crippen LogP contribution in [0.3, 0.4) is 0 Å². The Labute approximate surface area is 266 Å². The van der Waals surface area contributed by atoms with E-state index in [9.17, 15) is 72.7 Å². The van der Waals surface area contributed by atoms with Crippen molar-refractivity contribution < 1.29 is 124 Å². The zero-order valence-electron chi connectivity index (χ0n) is 22.2. The topological polar surface area (TPSA) is 421 Å². The molecule has 0 amide bonds. The first-order valence-electron chi connectivity index (χ1n) is 8.13. The maximum atomic E-state index is 12.0. The largest absolute Gasteiger partial charge is 2.00 e. The molecule has 1 saturated carbocycles. The van der Waals surface area contributed by atoms with E-state index in [0.717, 1.165) is 0 Å². The molecule has 0 radical (unpaired) electrons. The molecule has 11 atom stereocenters. The van der Waals surface area contributed by atoms with E-state index in [0.29, 0.717) is 0 Å². The summed E-state index contributed by atoms with van der Waals surface area (Å²) in [6.45, 7) is 0. The van der Waals surface area contributed by atoms with E-state index in [4.69, 9.17) is 19.6 Å². The SMILES string of the molecule is O=P(O)(O)OP(=O)(O)OP(=O)(O)OP(=O)(O)OP(=O)(O)OP(=O)(O)OC1(O)[C@H](O)[C@H](O)C(O)[C@H](O)[C@H]1O.[Ca+2].[H-].[H-].[H-].[H-].[Mg+2]. The molecule has 7 unspecified atom stereocenters. The predicted molar refractivity (Wildman–Crippen MR) is 119 cm³/mol. The molecule has 0 spiro atoms. The summed E-state index contributed by atoms with van der Waals surface area (Å²) in [5.41, 5.74) is 0. The van der Waals surface area contributed by atoms with E-state index >= 15 is 0 Å². The third kappa shape index (κ3) is 13.7. The van der Waals surface area contributed by atoms with Crippen LogP contribution in [0.2, 0.25) is 0 Å². The van der Waals surface area contributed by atoms with Crippen molar-refractivity contribution in [2.24, 2.45) is 0 Å². The molecule has 230 valence electrons. The van der Waals surface area contributed by atoms with Gasteiger partial charge < -0.3 is 70.6 Å². The Morgan fingerprint density at radius 3 is 1.05 bits per heavy atom. The average molecular weight is 744 g/mol. The van der Waals surface area contributed by atoms with Gasteiger partial charge in [0.15, 0.2) is 0 Å². The van der Waals surface area contributed by atoms with Gasteiger partial charge in [-0.2, -0.15) is 21.6 Å². The van der Waals surface area contributed by atoms with E-state index in [1.54, 1.807) is 0 Å². The Kier molecular flexibility index (Phi) is 16.6. The van der Waals surface area contributed by atoms with Gasteiger partial charge in [0.2, 0.25) is 5.79 Å². The fourth-order valence-electron chi connectivity index (χ4n) is 2.26. The number of hydrogen-bond acceptors (Lipinski definition) is 18. The van der Waals surface area contributed by atoms with Crippen LogP contribution >= 0.6 is 46.9 Å². The molecule has 1 fully saturated rings. The zero-order chi connectivity index (χ0) is 29.6. The zero-order valence-corrected chi connectivity index (χ0v) is 27.2. The Hall–Kier alpha value is 2.65. The summed E-state index contributed by atoms with van der Waals surface area (Å²) < 4.78 is 88.7. The first-order valence-corrected chi connectivity index (χ1v) is 17.1. The molecular formula is C6H22CaMgO25P6. The van der Waals surface area contributed by atoms with Gasteiger partial charge in [0, 0.05) is 0 Å². The van der Waals surface area contributed by atoms with Gasteiger partial charge in [-0.15, -0.1) is 0 Å². The third-order valence-corrected chi connectivity index (χ3v) is 12.3. The molecule has 0 aromatic heterocycles. The first-order chi connectivity index (χ1) is 16.0. The number of hydrogen-bond donors (Lipinski definition) is 13. The van der Waals surface area contributed by atoms with Gasteiger partial charge in [-0.25, -0.2) is 31.9 Å². The summed E-state index contributed by atoms with van der Waals surface area (Å²) in [5, 5.41) is 57.9. The summed E-state index contributed by atoms with van der Waals surface area (Å²) in [6.07, 6.45) is -13.5. The van der Waals surface area contributed by atoms with Gasteiger partial charge in [0.05, 0.1) is 0 Å². The van der Waals surface area contributed by atoms with Crippen molar-refractivity contribution in [1.29, 1.82) is 0 Å². The number of phosphoric ester groups is 1. The molecule has 1 aliphatic carbocycles. The van der Waals surface area contributed by atoms with E-state index in [1.165, 1.54) is 0 Å². The molecule has 0 aromatic carbocycles. The van der Waals surface area contributed by atoms with E-state index in [-0.39, 0.29) is 66.5 Å². The van der Waals surface area contributed by atoms with Gasteiger partial charge in [-0.1, -0.05) is 0 Å². The molecule has 13 N–H and O–H groups in total. The molecule has 0 saturated heterocycles. The second-order valence-electron chi connectivity index (χ2n) is 6.45. The van der Waals surface area contributed by atoms with Crippen molar-refractivity contribution in [2.75, 3.05) is 0 Å². The number of aliphatic hydroxyl groups excluding tert-OH is 5. The second kappa shape index (κ2) is 14.8. The quantitative estimate of drug-likeness (QED) is 0.0512. The summed E-state index contributed by atoms with van der Waals surface area (Å²) in [5.74, 6) is -3.96. The minimum Gasteiger partial charge on any atom is -1.00 e. The summed E-state index contributed by atoms with van der Waals surface area (Å²) in [6, 6.07) is 0. The monoisotopic (exact) mass is 744 g/mol. The molecular weight excluding hydrogens is 722 g/mol. The van der Waals surface area contributed by atoms with Gasteiger partial charge in [0.25, 0.3) is 0 Å². The molecule has 0 aliphatic heterocycles. The third-order valence-electron chi connectivity index (χ3n) is 3.49. The van der Waals surface area contributed by atoms with Crippen LogP contribution in [0, 0.1) is 0 Å². The van der Waals surface area contributed by atoms with Crippen LogP contribution in [0.4, 0.5) is 0 Å². The van der Waals surface area contributed by atoms with Crippen LogP contribution in [0.15, 0.2) is 0 Å². The van der Waals surface area contributed by atoms with Gasteiger partial charge in [0.1, 0.15) is 30.5 Å². The summed E-state index contributed by atoms with van der Waals surface area (Å²) >= 11 is 0. The maximum Gasteiger partial charge on any atom is 2.00 e. The first kappa shape index (κ1) is 43.8. The van der Waals surface area contributed by atoms with Crippen molar-refractivity contribution in [1.82, 2.24) is 0 Å². The van der Waals surface area contributed by atoms with E-state index in [1.807, 2.05) is 0 Å². The van der Waals surface area contributed by atoms with Crippen LogP contribution in [0.1, 0.15) is 5.71 Å². The molecule has 1 rings (SSSR count). The Morgan fingerprint density at radius 2 is 0.769 bits per heavy atom. The van der Waals surface area contributed by atoms with Crippen molar-refractivity contribution in [2.45, 2.75) is 36.3 Å². The van der Waals surface area contributed by atoms with Crippen molar-refractivity contribution in [3.63, 3.8) is 0 Å². The molecule has 0 heterocycles. The van der Waals surface area contributed by atoms with Gasteiger partial charge >= 0.3 is 108 Å². The molecule has 1 aliphatic rings. The Morgan fingerprint density at radius 1 is 0.513 bits per heavy atom. The average Bonchev–Trinajstić information content (AvgIpc) is 2.56. The van der Waals surface area contributed by atoms with Crippen LogP contribution in [-0.4, -0.2) is 162 Å². The standard InChI is InChI=1S/C6H18O25P6.Ca.Mg.4H/c7-1-2(8)4(10)6(12,5(11)3(1)9)26-33(16,17)28-35(20,21)30-37(24,25)31-36(22,23)29-34(18,19)27-32(13,14)15;;;;;;/h1-5,7-12H,(H,16,17)(H,18,19)(H,20,21)(H,22,23)(H,24,25)(H2,13,14,15);;;;;;/q;2*+2;4*-1/t1?,2-,3+,4-,5-,6?;;;;;;/m1....../s1. The van der Waals surface area contributed by atoms with Gasteiger partial charge in [-0.3, -0.25) is 0 Å². The summed E-state index contributed by atoms with van der Waals surface area (Å²) in [7, 11) is -38.3. The molecule has 33 heteroatoms. The van der Waals surface area contributed by atoms with Crippen LogP contribution in [0.25, 0.3) is 0 Å². The van der Waals surface area contributed by atoms with Gasteiger partial charge in [-0.05, 0) is 0 Å². The van der Waals surface area contributed by atoms with Crippen LogP contribution in [-0.2, 0) is 53.5 Å². The van der Waals surface area contributed by atoms with Crippen LogP contribution in [0.5, 0.6) is 0 Å². The van der Waals surface area contributed by atoms with Crippen molar-refractivity contribution >= 4 is 108 Å². The number of aliphatic hydroxyl groups is 6. The number of rotatable bonds is 12. The number of phosphoric acid groups is 6. The molecule has 25 nitrogen and oxygen atoms in total. The second-order valence-corrected chi connectivity index (χ2v) is 15.6. The van der Waals surface area contributed by atoms with E-state index in [2.05, 4.69) is 26.1 Å². The smallest absolute Gasteiger partial charge is 1.00 e. The fraction of sp³-hybridized carbons (Fsp3) is 1.00. The minimum atomic E-state index is -6.59. The normalized spacial score (nSPS) is 35.5. The Bertz CT molecular complexity index is 1140. The van der Waals surface area contributed by atoms with Crippen molar-refractivity contribution in [3.8, 4) is 0 Å². The van der Waals surface area contributed by atoms with Crippen molar-refractivity contribution in [3.05, 3.63) is 0 Å². The Balaban J connectivity index is -0.000000570. The molecule has 39 heavy (non-hydrogen) atoms. The fourth-order valence-corrected chi connectivity index (χ4v) is 9.78. The maximum absolute atomic E-state index is 12.0. The van der Waals surface area contributed by atoms with E-state index < -0.39 is 83.2 Å². The minimum absolute atomic E-state index is 0. The molecule has 0 bridgehead atoms. The summed E-state index contributed by atoms with van der Waals surface area (Å²) in [4.78, 5) is 62.9. The molecule has 0 aromatic rings.